The first kappa shape index (κ1) is 23.6. The molecule has 140 valence electrons. The van der Waals surface area contributed by atoms with Crippen molar-refractivity contribution < 1.29 is 4.39 Å². The molecule has 1 rings (SSSR count). The molecule has 0 bridgehead atoms. The number of hydrogen-bond acceptors (Lipinski definition) is 3. The van der Waals surface area contributed by atoms with Crippen molar-refractivity contribution in [2.45, 2.75) is 46.3 Å². The highest BCUT2D eigenvalue weighted by atomic mass is 127. The minimum atomic E-state index is -0.331. The molecule has 0 fully saturated rings. The van der Waals surface area contributed by atoms with E-state index in [0.29, 0.717) is 29.2 Å². The van der Waals surface area contributed by atoms with Crippen LogP contribution >= 0.6 is 24.0 Å². The lowest BCUT2D eigenvalue weighted by atomic mass is 10.1. The lowest BCUT2D eigenvalue weighted by molar-refractivity contribution is 0.178. The number of hydrogen-bond donors (Lipinski definition) is 2. The average Bonchev–Trinajstić information content (AvgIpc) is 2.54. The summed E-state index contributed by atoms with van der Waals surface area (Å²) in [5.41, 5.74) is 0.892. The van der Waals surface area contributed by atoms with Gasteiger partial charge in [-0.05, 0) is 45.9 Å². The number of benzene rings is 1. The van der Waals surface area contributed by atoms with Crippen molar-refractivity contribution in [1.82, 2.24) is 15.5 Å². The van der Waals surface area contributed by atoms with Gasteiger partial charge in [-0.25, -0.2) is 4.39 Å². The molecule has 0 aliphatic heterocycles. The van der Waals surface area contributed by atoms with Gasteiger partial charge in [0.25, 0.3) is 0 Å². The minimum absolute atomic E-state index is 0. The summed E-state index contributed by atoms with van der Waals surface area (Å²) in [7, 11) is 1.68. The fourth-order valence-corrected chi connectivity index (χ4v) is 2.60. The first-order valence-corrected chi connectivity index (χ1v) is 8.27. The van der Waals surface area contributed by atoms with Crippen LogP contribution in [0.5, 0.6) is 0 Å². The molecule has 0 atom stereocenters. The number of guanidine groups is 1. The van der Waals surface area contributed by atoms with Crippen molar-refractivity contribution in [3.05, 3.63) is 35.1 Å². The van der Waals surface area contributed by atoms with E-state index in [1.54, 1.807) is 13.1 Å². The van der Waals surface area contributed by atoms with E-state index in [1.807, 2.05) is 6.07 Å². The van der Waals surface area contributed by atoms with Gasteiger partial charge in [-0.2, -0.15) is 5.26 Å². The van der Waals surface area contributed by atoms with Crippen molar-refractivity contribution in [2.24, 2.45) is 4.99 Å². The molecule has 0 radical (unpaired) electrons. The fraction of sp³-hybridized carbons (Fsp3) is 0.556. The number of rotatable bonds is 7. The molecule has 5 nitrogen and oxygen atoms in total. The van der Waals surface area contributed by atoms with Gasteiger partial charge in [0, 0.05) is 44.3 Å². The lowest BCUT2D eigenvalue weighted by Crippen LogP contribution is -2.45. The molecule has 0 saturated heterocycles. The van der Waals surface area contributed by atoms with E-state index in [1.165, 1.54) is 12.1 Å². The van der Waals surface area contributed by atoms with Crippen LogP contribution in [0.3, 0.4) is 0 Å². The predicted molar refractivity (Wildman–Crippen MR) is 112 cm³/mol. The van der Waals surface area contributed by atoms with Crippen LogP contribution in [0, 0.1) is 17.1 Å². The van der Waals surface area contributed by atoms with Crippen LogP contribution in [0.15, 0.2) is 23.2 Å². The Morgan fingerprint density at radius 2 is 1.88 bits per heavy atom. The van der Waals surface area contributed by atoms with Crippen molar-refractivity contribution in [1.29, 1.82) is 5.26 Å². The van der Waals surface area contributed by atoms with Gasteiger partial charge in [-0.1, -0.05) is 0 Å². The Morgan fingerprint density at radius 3 is 2.40 bits per heavy atom. The summed E-state index contributed by atoms with van der Waals surface area (Å²) in [5.74, 6) is 0.284. The minimum Gasteiger partial charge on any atom is -0.355 e. The molecule has 2 N–H and O–H groups in total. The van der Waals surface area contributed by atoms with Gasteiger partial charge in [0.15, 0.2) is 5.96 Å². The summed E-state index contributed by atoms with van der Waals surface area (Å²) >= 11 is 0. The van der Waals surface area contributed by atoms with Crippen LogP contribution in [0.2, 0.25) is 0 Å². The van der Waals surface area contributed by atoms with Crippen LogP contribution in [-0.4, -0.2) is 43.1 Å². The maximum absolute atomic E-state index is 13.8. The standard InChI is InChI=1S/C18H28FN5.HI/c1-13(2)24(14(3)4)9-8-22-18(21-5)23-12-16-10-15(11-20)6-7-17(16)19;/h6-7,10,13-14H,8-9,12H2,1-5H3,(H2,21,22,23);1H. The molecule has 7 heteroatoms. The largest absolute Gasteiger partial charge is 0.355 e. The topological polar surface area (TPSA) is 63.5 Å². The Kier molecular flexibility index (Phi) is 11.4. The summed E-state index contributed by atoms with van der Waals surface area (Å²) in [4.78, 5) is 6.54. The van der Waals surface area contributed by atoms with E-state index >= 15 is 0 Å². The SMILES string of the molecule is CN=C(NCCN(C(C)C)C(C)C)NCc1cc(C#N)ccc1F.I. The first-order chi connectivity index (χ1) is 11.4. The van der Waals surface area contributed by atoms with E-state index in [-0.39, 0.29) is 36.3 Å². The number of nitriles is 1. The Bertz CT molecular complexity index is 588. The van der Waals surface area contributed by atoms with Crippen LogP contribution in [0.4, 0.5) is 4.39 Å². The third kappa shape index (κ3) is 8.01. The monoisotopic (exact) mass is 461 g/mol. The van der Waals surface area contributed by atoms with Gasteiger partial charge in [0.1, 0.15) is 5.82 Å². The number of aliphatic imine (C=N–C) groups is 1. The lowest BCUT2D eigenvalue weighted by Gasteiger charge is -2.30. The van der Waals surface area contributed by atoms with Gasteiger partial charge in [0.05, 0.1) is 11.6 Å². The van der Waals surface area contributed by atoms with Crippen molar-refractivity contribution >= 4 is 29.9 Å². The smallest absolute Gasteiger partial charge is 0.191 e. The Labute approximate surface area is 167 Å². The average molecular weight is 461 g/mol. The Hall–Kier alpha value is -1.40. The number of nitrogens with zero attached hydrogens (tertiary/aromatic N) is 3. The molecule has 0 heterocycles. The summed E-state index contributed by atoms with van der Waals surface area (Å²) in [6.07, 6.45) is 0. The van der Waals surface area contributed by atoms with E-state index in [4.69, 9.17) is 5.26 Å². The van der Waals surface area contributed by atoms with Crippen LogP contribution in [-0.2, 0) is 6.54 Å². The highest BCUT2D eigenvalue weighted by Crippen LogP contribution is 2.09. The first-order valence-electron chi connectivity index (χ1n) is 8.27. The maximum Gasteiger partial charge on any atom is 0.191 e. The zero-order valence-corrected chi connectivity index (χ0v) is 18.0. The second-order valence-electron chi connectivity index (χ2n) is 6.20. The highest BCUT2D eigenvalue weighted by Gasteiger charge is 2.12. The third-order valence-corrected chi connectivity index (χ3v) is 3.83. The summed E-state index contributed by atoms with van der Waals surface area (Å²) in [5, 5.41) is 15.2. The van der Waals surface area contributed by atoms with E-state index < -0.39 is 0 Å². The van der Waals surface area contributed by atoms with E-state index in [2.05, 4.69) is 48.2 Å². The molecule has 25 heavy (non-hydrogen) atoms. The molecule has 1 aromatic rings. The van der Waals surface area contributed by atoms with Crippen molar-refractivity contribution in [3.63, 3.8) is 0 Å². The molecule has 0 spiro atoms. The molecule has 0 amide bonds. The van der Waals surface area contributed by atoms with Crippen LogP contribution in [0.1, 0.15) is 38.8 Å². The molecular weight excluding hydrogens is 432 g/mol. The molecular formula is C18H29FIN5. The normalized spacial score (nSPS) is 11.4. The Morgan fingerprint density at radius 1 is 1.24 bits per heavy atom. The zero-order valence-electron chi connectivity index (χ0n) is 15.6. The second kappa shape index (κ2) is 12.0. The van der Waals surface area contributed by atoms with Gasteiger partial charge >= 0.3 is 0 Å². The van der Waals surface area contributed by atoms with Crippen molar-refractivity contribution in [3.8, 4) is 6.07 Å². The molecule has 0 saturated carbocycles. The van der Waals surface area contributed by atoms with Gasteiger partial charge < -0.3 is 10.6 Å². The number of halogens is 2. The summed E-state index contributed by atoms with van der Waals surface area (Å²) in [6.45, 7) is 10.6. The quantitative estimate of drug-likeness (QED) is 0.372. The molecule has 0 aliphatic carbocycles. The van der Waals surface area contributed by atoms with Gasteiger partial charge in [0.2, 0.25) is 0 Å². The molecule has 0 aromatic heterocycles. The van der Waals surface area contributed by atoms with Gasteiger partial charge in [-0.3, -0.25) is 9.89 Å². The van der Waals surface area contributed by atoms with Crippen molar-refractivity contribution in [2.75, 3.05) is 20.1 Å². The summed E-state index contributed by atoms with van der Waals surface area (Å²) < 4.78 is 13.8. The maximum atomic E-state index is 13.8. The fourth-order valence-electron chi connectivity index (χ4n) is 2.60. The molecule has 1 aromatic carbocycles. The van der Waals surface area contributed by atoms with Crippen LogP contribution < -0.4 is 10.6 Å². The molecule has 0 aliphatic rings. The van der Waals surface area contributed by atoms with E-state index in [0.717, 1.165) is 13.1 Å². The van der Waals surface area contributed by atoms with Crippen LogP contribution in [0.25, 0.3) is 0 Å². The predicted octanol–water partition coefficient (Wildman–Crippen LogP) is 3.10. The summed E-state index contributed by atoms with van der Waals surface area (Å²) in [6, 6.07) is 7.31. The van der Waals surface area contributed by atoms with Gasteiger partial charge in [-0.15, -0.1) is 24.0 Å². The molecule has 0 unspecified atom stereocenters. The zero-order chi connectivity index (χ0) is 18.1. The van der Waals surface area contributed by atoms with E-state index in [9.17, 15) is 4.39 Å². The number of nitrogens with one attached hydrogen (secondary N) is 2. The second-order valence-corrected chi connectivity index (χ2v) is 6.20. The highest BCUT2D eigenvalue weighted by molar-refractivity contribution is 14.0. The Balaban J connectivity index is 0.00000576. The third-order valence-electron chi connectivity index (χ3n) is 3.83.